The summed E-state index contributed by atoms with van der Waals surface area (Å²) in [6.45, 7) is 0.809. The molecule has 0 aromatic heterocycles. The van der Waals surface area contributed by atoms with Gasteiger partial charge in [0, 0.05) is 12.2 Å². The molecular formula is C16H15ClN2O. The molecule has 20 heavy (non-hydrogen) atoms. The summed E-state index contributed by atoms with van der Waals surface area (Å²) in [5.41, 5.74) is 4.00. The molecular weight excluding hydrogens is 272 g/mol. The first kappa shape index (κ1) is 13.0. The fourth-order valence-electron chi connectivity index (χ4n) is 2.37. The predicted octanol–water partition coefficient (Wildman–Crippen LogP) is 3.49. The number of carbonyl (C=O) groups excluding carboxylic acids is 1. The third-order valence-electron chi connectivity index (χ3n) is 3.39. The zero-order valence-corrected chi connectivity index (χ0v) is 11.7. The normalized spacial score (nSPS) is 12.9. The van der Waals surface area contributed by atoms with E-state index in [-0.39, 0.29) is 5.91 Å². The Morgan fingerprint density at radius 2 is 2.00 bits per heavy atom. The molecule has 0 aliphatic carbocycles. The van der Waals surface area contributed by atoms with Gasteiger partial charge in [0.25, 0.3) is 0 Å². The van der Waals surface area contributed by atoms with Gasteiger partial charge in [-0.05, 0) is 29.7 Å². The van der Waals surface area contributed by atoms with E-state index >= 15 is 0 Å². The molecule has 0 saturated heterocycles. The highest BCUT2D eigenvalue weighted by molar-refractivity contribution is 6.33. The first-order chi connectivity index (χ1) is 9.72. The number of halogens is 1. The van der Waals surface area contributed by atoms with Gasteiger partial charge in [0.15, 0.2) is 0 Å². The molecule has 102 valence electrons. The van der Waals surface area contributed by atoms with Gasteiger partial charge in [0.2, 0.25) is 5.91 Å². The third-order valence-corrected chi connectivity index (χ3v) is 3.70. The van der Waals surface area contributed by atoms with E-state index in [1.54, 1.807) is 0 Å². The number of anilines is 2. The van der Waals surface area contributed by atoms with Crippen molar-refractivity contribution < 1.29 is 4.79 Å². The van der Waals surface area contributed by atoms with Crippen LogP contribution in [0.1, 0.15) is 11.1 Å². The van der Waals surface area contributed by atoms with Crippen molar-refractivity contribution in [3.8, 4) is 0 Å². The van der Waals surface area contributed by atoms with Gasteiger partial charge < -0.3 is 10.6 Å². The molecule has 0 radical (unpaired) electrons. The first-order valence-electron chi connectivity index (χ1n) is 6.62. The lowest BCUT2D eigenvalue weighted by Crippen LogP contribution is -2.05. The van der Waals surface area contributed by atoms with E-state index in [2.05, 4.69) is 22.8 Å². The minimum atomic E-state index is 0.0255. The van der Waals surface area contributed by atoms with Crippen LogP contribution in [-0.4, -0.2) is 12.5 Å². The number of fused-ring (bicyclic) bond motifs is 1. The van der Waals surface area contributed by atoms with Crippen LogP contribution in [-0.2, 0) is 17.6 Å². The smallest absolute Gasteiger partial charge is 0.228 e. The summed E-state index contributed by atoms with van der Waals surface area (Å²) in [5, 5.41) is 6.77. The van der Waals surface area contributed by atoms with Gasteiger partial charge >= 0.3 is 0 Å². The molecule has 0 bridgehead atoms. The van der Waals surface area contributed by atoms with E-state index in [4.69, 9.17) is 11.6 Å². The number of carbonyl (C=O) groups is 1. The van der Waals surface area contributed by atoms with Crippen LogP contribution < -0.4 is 10.6 Å². The number of benzene rings is 2. The minimum absolute atomic E-state index is 0.0255. The van der Waals surface area contributed by atoms with Crippen molar-refractivity contribution in [2.75, 3.05) is 17.2 Å². The molecule has 3 nitrogen and oxygen atoms in total. The van der Waals surface area contributed by atoms with Crippen LogP contribution in [0.25, 0.3) is 0 Å². The van der Waals surface area contributed by atoms with Crippen molar-refractivity contribution in [1.82, 2.24) is 0 Å². The van der Waals surface area contributed by atoms with Crippen molar-refractivity contribution in [3.05, 3.63) is 58.6 Å². The number of hydrogen-bond acceptors (Lipinski definition) is 2. The Morgan fingerprint density at radius 1 is 1.20 bits per heavy atom. The third kappa shape index (κ3) is 2.78. The van der Waals surface area contributed by atoms with E-state index in [1.807, 2.05) is 30.3 Å². The molecule has 4 heteroatoms. The molecule has 2 aromatic carbocycles. The van der Waals surface area contributed by atoms with Gasteiger partial charge in [-0.25, -0.2) is 0 Å². The summed E-state index contributed by atoms with van der Waals surface area (Å²) >= 11 is 6.22. The van der Waals surface area contributed by atoms with Gasteiger partial charge in [-0.1, -0.05) is 41.9 Å². The predicted molar refractivity (Wildman–Crippen MR) is 82.4 cm³/mol. The van der Waals surface area contributed by atoms with Crippen LogP contribution in [0.2, 0.25) is 5.02 Å². The van der Waals surface area contributed by atoms with Crippen LogP contribution in [0.15, 0.2) is 42.5 Å². The maximum Gasteiger partial charge on any atom is 0.228 e. The lowest BCUT2D eigenvalue weighted by Gasteiger charge is -2.10. The summed E-state index contributed by atoms with van der Waals surface area (Å²) < 4.78 is 0. The van der Waals surface area contributed by atoms with Gasteiger partial charge in [0.1, 0.15) is 0 Å². The fraction of sp³-hybridized carbons (Fsp3) is 0.188. The Balaban J connectivity index is 1.66. The second-order valence-electron chi connectivity index (χ2n) is 4.88. The molecule has 0 spiro atoms. The summed E-state index contributed by atoms with van der Waals surface area (Å²) in [6, 6.07) is 14.1. The molecule has 2 N–H and O–H groups in total. The zero-order chi connectivity index (χ0) is 13.9. The number of hydrogen-bond donors (Lipinski definition) is 2. The van der Waals surface area contributed by atoms with E-state index < -0.39 is 0 Å². The summed E-state index contributed by atoms with van der Waals surface area (Å²) in [6.07, 6.45) is 1.37. The standard InChI is InChI=1S/C16H15ClN2O/c17-13-10-14-12(9-16(20)19-14)8-15(13)18-7-6-11-4-2-1-3-5-11/h1-5,8,10,18H,6-7,9H2,(H,19,20). The van der Waals surface area contributed by atoms with Crippen molar-refractivity contribution in [3.63, 3.8) is 0 Å². The Hall–Kier alpha value is -2.00. The van der Waals surface area contributed by atoms with Gasteiger partial charge in [0.05, 0.1) is 17.1 Å². The van der Waals surface area contributed by atoms with Gasteiger partial charge in [-0.15, -0.1) is 0 Å². The van der Waals surface area contributed by atoms with Gasteiger partial charge in [-0.3, -0.25) is 4.79 Å². The van der Waals surface area contributed by atoms with Crippen LogP contribution in [0.5, 0.6) is 0 Å². The Morgan fingerprint density at radius 3 is 2.80 bits per heavy atom. The second-order valence-corrected chi connectivity index (χ2v) is 5.28. The molecule has 2 aromatic rings. The molecule has 0 atom stereocenters. The summed E-state index contributed by atoms with van der Waals surface area (Å²) in [5.74, 6) is 0.0255. The van der Waals surface area contributed by atoms with Crippen molar-refractivity contribution in [2.24, 2.45) is 0 Å². The van der Waals surface area contributed by atoms with Crippen molar-refractivity contribution in [2.45, 2.75) is 12.8 Å². The highest BCUT2D eigenvalue weighted by atomic mass is 35.5. The van der Waals surface area contributed by atoms with Crippen LogP contribution in [0.4, 0.5) is 11.4 Å². The Kier molecular flexibility index (Phi) is 3.61. The van der Waals surface area contributed by atoms with Crippen LogP contribution >= 0.6 is 11.6 Å². The van der Waals surface area contributed by atoms with Crippen LogP contribution in [0, 0.1) is 0 Å². The second kappa shape index (κ2) is 5.55. The topological polar surface area (TPSA) is 41.1 Å². The number of rotatable bonds is 4. The van der Waals surface area contributed by atoms with E-state index in [1.165, 1.54) is 5.56 Å². The maximum absolute atomic E-state index is 11.3. The molecule has 0 saturated carbocycles. The quantitative estimate of drug-likeness (QED) is 0.903. The average molecular weight is 287 g/mol. The Bertz CT molecular complexity index is 640. The lowest BCUT2D eigenvalue weighted by atomic mass is 10.1. The molecule has 1 heterocycles. The molecule has 1 amide bonds. The number of amides is 1. The lowest BCUT2D eigenvalue weighted by molar-refractivity contribution is -0.115. The Labute approximate surface area is 123 Å². The van der Waals surface area contributed by atoms with E-state index in [0.29, 0.717) is 11.4 Å². The highest BCUT2D eigenvalue weighted by Crippen LogP contribution is 2.32. The fourth-order valence-corrected chi connectivity index (χ4v) is 2.60. The number of nitrogens with one attached hydrogen (secondary N) is 2. The summed E-state index contributed by atoms with van der Waals surface area (Å²) in [7, 11) is 0. The monoisotopic (exact) mass is 286 g/mol. The van der Waals surface area contributed by atoms with E-state index in [0.717, 1.165) is 29.9 Å². The highest BCUT2D eigenvalue weighted by Gasteiger charge is 2.19. The minimum Gasteiger partial charge on any atom is -0.383 e. The molecule has 3 rings (SSSR count). The van der Waals surface area contributed by atoms with Crippen molar-refractivity contribution in [1.29, 1.82) is 0 Å². The molecule has 1 aliphatic rings. The maximum atomic E-state index is 11.3. The van der Waals surface area contributed by atoms with Gasteiger partial charge in [-0.2, -0.15) is 0 Å². The van der Waals surface area contributed by atoms with E-state index in [9.17, 15) is 4.79 Å². The SMILES string of the molecule is O=C1Cc2cc(NCCc3ccccc3)c(Cl)cc2N1. The zero-order valence-electron chi connectivity index (χ0n) is 10.9. The first-order valence-corrected chi connectivity index (χ1v) is 7.00. The molecule has 0 unspecified atom stereocenters. The molecule has 1 aliphatic heterocycles. The summed E-state index contributed by atoms with van der Waals surface area (Å²) in [4.78, 5) is 11.3. The largest absolute Gasteiger partial charge is 0.383 e. The molecule has 0 fully saturated rings. The van der Waals surface area contributed by atoms with Crippen LogP contribution in [0.3, 0.4) is 0 Å². The average Bonchev–Trinajstić information content (AvgIpc) is 2.79. The van der Waals surface area contributed by atoms with Crippen molar-refractivity contribution >= 4 is 28.9 Å².